The number of nitrogens with zero attached hydrogens (tertiary/aromatic N) is 5. The van der Waals surface area contributed by atoms with Gasteiger partial charge < -0.3 is 50.2 Å². The van der Waals surface area contributed by atoms with Crippen LogP contribution in [0.25, 0.3) is 0 Å². The molecule has 5 N–H and O–H groups in total. The first-order valence-electron chi connectivity index (χ1n) is 19.6. The third kappa shape index (κ3) is 8.53. The molecule has 4 aliphatic rings. The number of ether oxygens (including phenoxy) is 3. The van der Waals surface area contributed by atoms with Crippen LogP contribution in [0.5, 0.6) is 5.75 Å². The maximum atomic E-state index is 13.1. The van der Waals surface area contributed by atoms with Crippen LogP contribution in [-0.4, -0.2) is 122 Å². The summed E-state index contributed by atoms with van der Waals surface area (Å²) in [6.45, 7) is 8.45. The van der Waals surface area contributed by atoms with Crippen molar-refractivity contribution in [2.75, 3.05) is 67.4 Å². The van der Waals surface area contributed by atoms with Gasteiger partial charge in [0.1, 0.15) is 23.6 Å². The van der Waals surface area contributed by atoms with E-state index in [4.69, 9.17) is 19.2 Å². The molecule has 2 saturated heterocycles. The van der Waals surface area contributed by atoms with Gasteiger partial charge in [-0.05, 0) is 57.5 Å². The van der Waals surface area contributed by atoms with Crippen molar-refractivity contribution in [3.05, 3.63) is 59.3 Å². The Labute approximate surface area is 336 Å². The fourth-order valence-corrected chi connectivity index (χ4v) is 7.73. The summed E-state index contributed by atoms with van der Waals surface area (Å²) in [6, 6.07) is 9.81. The molecule has 3 unspecified atom stereocenters. The fraction of sp³-hybridized carbons (Fsp3) is 0.475. The Hall–Kier alpha value is -5.85. The number of likely N-dealkylation sites (N-methyl/N-ethyl adjacent to an activating group) is 1. The molecule has 0 spiro atoms. The van der Waals surface area contributed by atoms with Crippen molar-refractivity contribution < 1.29 is 38.2 Å². The molecule has 0 saturated carbocycles. The molecule has 0 aliphatic carbocycles. The molecule has 5 heterocycles. The van der Waals surface area contributed by atoms with Crippen molar-refractivity contribution in [1.29, 1.82) is 0 Å². The molecule has 2 aromatic carbocycles. The molecular weight excluding hydrogens is 749 g/mol. The summed E-state index contributed by atoms with van der Waals surface area (Å²) >= 11 is 0. The molecule has 308 valence electrons. The van der Waals surface area contributed by atoms with Crippen LogP contribution in [0.3, 0.4) is 0 Å². The lowest BCUT2D eigenvalue weighted by atomic mass is 10.0. The van der Waals surface area contributed by atoms with Gasteiger partial charge in [0.25, 0.3) is 11.8 Å². The number of hydrogen-bond acceptors (Lipinski definition) is 14. The van der Waals surface area contributed by atoms with Gasteiger partial charge in [0, 0.05) is 74.5 Å². The number of methoxy groups -OCH3 is 1. The first-order valence-corrected chi connectivity index (χ1v) is 19.6. The molecule has 7 rings (SSSR count). The van der Waals surface area contributed by atoms with Gasteiger partial charge in [0.15, 0.2) is 12.0 Å². The minimum atomic E-state index is -0.729. The van der Waals surface area contributed by atoms with Crippen molar-refractivity contribution >= 4 is 58.4 Å². The molecule has 4 atom stereocenters. The van der Waals surface area contributed by atoms with Crippen LogP contribution in [0.1, 0.15) is 66.3 Å². The number of carbonyl (C=O) groups is 5. The average molecular weight is 799 g/mol. The maximum absolute atomic E-state index is 13.1. The predicted molar refractivity (Wildman–Crippen MR) is 214 cm³/mol. The van der Waals surface area contributed by atoms with Crippen LogP contribution in [0.4, 0.5) is 28.8 Å². The molecule has 2 fully saturated rings. The van der Waals surface area contributed by atoms with Crippen molar-refractivity contribution in [2.24, 2.45) is 0 Å². The predicted octanol–water partition coefficient (Wildman–Crippen LogP) is 2.13. The maximum Gasteiger partial charge on any atom is 0.255 e. The lowest BCUT2D eigenvalue weighted by molar-refractivity contribution is -0.137. The quantitative estimate of drug-likeness (QED) is 0.0799. The topological polar surface area (TPSA) is 212 Å². The Morgan fingerprint density at radius 2 is 1.88 bits per heavy atom. The van der Waals surface area contributed by atoms with Gasteiger partial charge in [0.05, 0.1) is 38.2 Å². The van der Waals surface area contributed by atoms with Gasteiger partial charge >= 0.3 is 0 Å². The van der Waals surface area contributed by atoms with E-state index in [1.54, 1.807) is 42.6 Å². The second-order valence-corrected chi connectivity index (χ2v) is 14.9. The van der Waals surface area contributed by atoms with Crippen LogP contribution < -0.4 is 41.1 Å². The Morgan fingerprint density at radius 1 is 1.07 bits per heavy atom. The van der Waals surface area contributed by atoms with E-state index < -0.39 is 11.9 Å². The van der Waals surface area contributed by atoms with Crippen LogP contribution in [-0.2, 0) is 30.4 Å². The standard InChI is InChI=1S/C40H50N10O8/c1-22(2)50-23(3)34-39(58-34)48(4)30-20-43-40(47-35(30)50)45-28-10-9-24(19-31(28)56-5)36(53)42-16-18-57-17-15-41-14-13-33(52)44-27-8-6-7-25-26(27)21-49(38(25)55)29-11-12-32(51)46-37(29)54/h6-10,19-20,22-23,29,34,39,41H,11-18,21H2,1-5H3,(H,42,53)(H,44,52)(H,43,45,47)(H,46,51,54)/t23-,29?,34?,39?/m1/s1. The van der Waals surface area contributed by atoms with Crippen LogP contribution in [0.2, 0.25) is 0 Å². The van der Waals surface area contributed by atoms with Crippen LogP contribution in [0.15, 0.2) is 42.6 Å². The normalized spacial score (nSPS) is 20.9. The van der Waals surface area contributed by atoms with Gasteiger partial charge in [-0.3, -0.25) is 29.3 Å². The average Bonchev–Trinajstić information content (AvgIpc) is 3.95. The Morgan fingerprint density at radius 3 is 2.66 bits per heavy atom. The highest BCUT2D eigenvalue weighted by molar-refractivity contribution is 6.07. The highest BCUT2D eigenvalue weighted by atomic mass is 16.6. The third-order valence-electron chi connectivity index (χ3n) is 10.8. The number of rotatable bonds is 16. The first-order chi connectivity index (χ1) is 27.9. The van der Waals surface area contributed by atoms with Crippen molar-refractivity contribution in [3.63, 3.8) is 0 Å². The molecular formula is C40H50N10O8. The summed E-state index contributed by atoms with van der Waals surface area (Å²) in [5.74, 6) is 0.0510. The molecule has 0 bridgehead atoms. The van der Waals surface area contributed by atoms with Gasteiger partial charge in [-0.15, -0.1) is 0 Å². The minimum Gasteiger partial charge on any atom is -0.495 e. The summed E-state index contributed by atoms with van der Waals surface area (Å²) < 4.78 is 17.2. The summed E-state index contributed by atoms with van der Waals surface area (Å²) in [5.41, 5.74) is 3.53. The van der Waals surface area contributed by atoms with E-state index in [1.165, 1.54) is 12.0 Å². The van der Waals surface area contributed by atoms with Gasteiger partial charge in [-0.25, -0.2) is 4.98 Å². The molecule has 0 radical (unpaired) electrons. The highest BCUT2D eigenvalue weighted by Crippen LogP contribution is 2.44. The number of aromatic nitrogens is 2. The summed E-state index contributed by atoms with van der Waals surface area (Å²) in [5, 5.41) is 14.5. The number of epoxide rings is 1. The molecule has 18 heteroatoms. The first kappa shape index (κ1) is 40.4. The molecule has 1 aromatic heterocycles. The van der Waals surface area contributed by atoms with Crippen molar-refractivity contribution in [2.45, 2.75) is 77.0 Å². The van der Waals surface area contributed by atoms with Gasteiger partial charge in [-0.2, -0.15) is 4.98 Å². The van der Waals surface area contributed by atoms with E-state index in [0.717, 1.165) is 11.5 Å². The Bertz CT molecular complexity index is 2080. The second-order valence-electron chi connectivity index (χ2n) is 14.9. The number of piperidine rings is 1. The minimum absolute atomic E-state index is 0.00460. The Kier molecular flexibility index (Phi) is 12.1. The monoisotopic (exact) mass is 798 g/mol. The molecule has 58 heavy (non-hydrogen) atoms. The summed E-state index contributed by atoms with van der Waals surface area (Å²) in [6.07, 6.45) is 2.52. The number of nitrogens with one attached hydrogen (secondary N) is 5. The number of carbonyl (C=O) groups excluding carboxylic acids is 5. The zero-order valence-electron chi connectivity index (χ0n) is 33.3. The second kappa shape index (κ2) is 17.3. The van der Waals surface area contributed by atoms with Crippen LogP contribution in [0, 0.1) is 0 Å². The summed E-state index contributed by atoms with van der Waals surface area (Å²) in [4.78, 5) is 77.9. The van der Waals surface area contributed by atoms with Crippen molar-refractivity contribution in [1.82, 2.24) is 30.8 Å². The lowest BCUT2D eigenvalue weighted by Gasteiger charge is -2.33. The Balaban J connectivity index is 0.809. The number of fused-ring (bicyclic) bond motifs is 3. The van der Waals surface area contributed by atoms with E-state index in [2.05, 4.69) is 62.1 Å². The molecule has 3 aromatic rings. The third-order valence-corrected chi connectivity index (χ3v) is 10.8. The molecule has 18 nitrogen and oxygen atoms in total. The van der Waals surface area contributed by atoms with E-state index >= 15 is 0 Å². The van der Waals surface area contributed by atoms with E-state index in [9.17, 15) is 24.0 Å². The molecule has 5 amide bonds. The van der Waals surface area contributed by atoms with Gasteiger partial charge in [0.2, 0.25) is 23.7 Å². The smallest absolute Gasteiger partial charge is 0.255 e. The van der Waals surface area contributed by atoms with E-state index in [1.807, 2.05) is 7.05 Å². The zero-order chi connectivity index (χ0) is 41.1. The van der Waals surface area contributed by atoms with E-state index in [-0.39, 0.29) is 73.9 Å². The number of hydrogen-bond donors (Lipinski definition) is 5. The number of imide groups is 1. The zero-order valence-corrected chi connectivity index (χ0v) is 33.3. The number of anilines is 5. The lowest BCUT2D eigenvalue weighted by Crippen LogP contribution is -2.52. The largest absolute Gasteiger partial charge is 0.495 e. The van der Waals surface area contributed by atoms with Gasteiger partial charge in [-0.1, -0.05) is 6.07 Å². The number of benzene rings is 2. The fourth-order valence-electron chi connectivity index (χ4n) is 7.73. The molecule has 4 aliphatic heterocycles. The SMILES string of the molecule is COc1cc(C(=O)NCCOCCNCCC(=O)Nc2cccc3c2CN(C2CCC(=O)NC2=O)C3=O)ccc1Nc1ncc2c(n1)N(C(C)C)[C@H](C)C1OC1N2C. The highest BCUT2D eigenvalue weighted by Gasteiger charge is 2.52. The van der Waals surface area contributed by atoms with Crippen molar-refractivity contribution in [3.8, 4) is 5.75 Å². The van der Waals surface area contributed by atoms with Crippen LogP contribution >= 0.6 is 0 Å². The van der Waals surface area contributed by atoms with E-state index in [0.29, 0.717) is 72.6 Å². The number of amides is 5. The summed E-state index contributed by atoms with van der Waals surface area (Å²) in [7, 11) is 3.53.